The van der Waals surface area contributed by atoms with Crippen molar-refractivity contribution < 1.29 is 27.5 Å². The van der Waals surface area contributed by atoms with Crippen LogP contribution in [-0.2, 0) is 9.53 Å². The van der Waals surface area contributed by atoms with E-state index in [1.807, 2.05) is 0 Å². The van der Waals surface area contributed by atoms with Crippen molar-refractivity contribution in [3.8, 4) is 0 Å². The number of anilines is 2. The van der Waals surface area contributed by atoms with Gasteiger partial charge in [-0.05, 0) is 50.6 Å². The Morgan fingerprint density at radius 3 is 2.63 bits per heavy atom. The summed E-state index contributed by atoms with van der Waals surface area (Å²) < 4.78 is 42.8. The van der Waals surface area contributed by atoms with Gasteiger partial charge in [0.05, 0.1) is 22.7 Å². The van der Waals surface area contributed by atoms with Gasteiger partial charge in [-0.2, -0.15) is 13.2 Å². The molecule has 1 aliphatic rings. The number of benzene rings is 1. The molecule has 2 aromatic rings. The number of amides is 2. The number of carbonyl (C=O) groups excluding carboxylic acids is 2. The summed E-state index contributed by atoms with van der Waals surface area (Å²) in [7, 11) is 0. The van der Waals surface area contributed by atoms with E-state index in [-0.39, 0.29) is 40.5 Å². The van der Waals surface area contributed by atoms with Crippen LogP contribution < -0.4 is 15.6 Å². The average Bonchev–Trinajstić information content (AvgIpc) is 3.17. The number of hydrogen-bond donors (Lipinski definition) is 2. The van der Waals surface area contributed by atoms with E-state index in [1.165, 1.54) is 18.3 Å². The third kappa shape index (κ3) is 6.76. The summed E-state index contributed by atoms with van der Waals surface area (Å²) in [6, 6.07) is 4.71. The van der Waals surface area contributed by atoms with E-state index in [2.05, 4.69) is 20.7 Å². The van der Waals surface area contributed by atoms with Gasteiger partial charge in [0.25, 0.3) is 5.91 Å². The van der Waals surface area contributed by atoms with Crippen molar-refractivity contribution in [2.24, 2.45) is 5.10 Å². The molecule has 188 valence electrons. The van der Waals surface area contributed by atoms with Gasteiger partial charge in [-0.3, -0.25) is 9.59 Å². The fourth-order valence-electron chi connectivity index (χ4n) is 3.31. The van der Waals surface area contributed by atoms with Crippen LogP contribution >= 0.6 is 23.2 Å². The molecule has 2 heterocycles. The van der Waals surface area contributed by atoms with Gasteiger partial charge >= 0.3 is 6.18 Å². The van der Waals surface area contributed by atoms with E-state index in [4.69, 9.17) is 27.9 Å². The number of nitrogens with one attached hydrogen (secondary N) is 2. The Morgan fingerprint density at radius 1 is 1.29 bits per heavy atom. The van der Waals surface area contributed by atoms with Crippen LogP contribution in [0.5, 0.6) is 0 Å². The molecule has 3 rings (SSSR count). The molecule has 1 atom stereocenters. The highest BCUT2D eigenvalue weighted by molar-refractivity contribution is 6.33. The van der Waals surface area contributed by atoms with E-state index in [9.17, 15) is 22.8 Å². The van der Waals surface area contributed by atoms with Gasteiger partial charge in [0.2, 0.25) is 11.8 Å². The zero-order valence-corrected chi connectivity index (χ0v) is 20.4. The molecule has 1 aromatic carbocycles. The minimum Gasteiger partial charge on any atom is -0.470 e. The molecule has 0 aliphatic carbocycles. The van der Waals surface area contributed by atoms with Crippen molar-refractivity contribution >= 4 is 52.4 Å². The van der Waals surface area contributed by atoms with Crippen LogP contribution in [0.1, 0.15) is 36.2 Å². The molecule has 0 bridgehead atoms. The summed E-state index contributed by atoms with van der Waals surface area (Å²) in [5.41, 5.74) is 0.843. The molecule has 13 heteroatoms. The van der Waals surface area contributed by atoms with Gasteiger partial charge in [-0.15, -0.1) is 5.10 Å². The van der Waals surface area contributed by atoms with Gasteiger partial charge in [0.1, 0.15) is 6.04 Å². The molecule has 0 fully saturated rings. The van der Waals surface area contributed by atoms with E-state index in [0.717, 1.165) is 5.01 Å². The van der Waals surface area contributed by atoms with E-state index >= 15 is 0 Å². The summed E-state index contributed by atoms with van der Waals surface area (Å²) in [6.07, 6.45) is -3.47. The third-order valence-electron chi connectivity index (χ3n) is 4.76. The third-order valence-corrected chi connectivity index (χ3v) is 5.27. The lowest BCUT2D eigenvalue weighted by atomic mass is 10.1. The molecule has 2 N–H and O–H groups in total. The van der Waals surface area contributed by atoms with Crippen LogP contribution in [0.15, 0.2) is 35.6 Å². The van der Waals surface area contributed by atoms with Crippen LogP contribution in [0.2, 0.25) is 10.0 Å². The van der Waals surface area contributed by atoms with E-state index < -0.39 is 30.6 Å². The minimum atomic E-state index is -4.59. The molecule has 1 aliphatic heterocycles. The monoisotopic (exact) mass is 531 g/mol. The molecule has 0 saturated heterocycles. The fraction of sp³-hybridized carbons (Fsp3) is 0.364. The van der Waals surface area contributed by atoms with Crippen LogP contribution in [0.25, 0.3) is 0 Å². The second-order valence-electron chi connectivity index (χ2n) is 8.03. The largest absolute Gasteiger partial charge is 0.470 e. The van der Waals surface area contributed by atoms with Crippen molar-refractivity contribution in [1.82, 2.24) is 10.3 Å². The number of aryl methyl sites for hydroxylation is 1. The van der Waals surface area contributed by atoms with Crippen LogP contribution in [0, 0.1) is 6.92 Å². The molecule has 2 amide bonds. The van der Waals surface area contributed by atoms with E-state index in [1.54, 1.807) is 32.9 Å². The Balaban J connectivity index is 1.93. The lowest BCUT2D eigenvalue weighted by Gasteiger charge is -2.23. The Bertz CT molecular complexity index is 1160. The zero-order valence-electron chi connectivity index (χ0n) is 18.9. The number of hydrazone groups is 1. The Labute approximate surface area is 209 Å². The SMILES string of the molecule is Cc1cc(Cl)cc(C(=O)NC(C)C)c1NC(=O)C1CC(OCC(F)(F)F)=NN1c1ncccc1Cl. The molecule has 0 radical (unpaired) electrons. The summed E-state index contributed by atoms with van der Waals surface area (Å²) >= 11 is 12.3. The second-order valence-corrected chi connectivity index (χ2v) is 8.88. The molecule has 0 spiro atoms. The van der Waals surface area contributed by atoms with Crippen molar-refractivity contribution in [2.75, 3.05) is 16.9 Å². The number of pyridine rings is 1. The average molecular weight is 532 g/mol. The van der Waals surface area contributed by atoms with Crippen molar-refractivity contribution in [1.29, 1.82) is 0 Å². The number of nitrogens with zero attached hydrogens (tertiary/aromatic N) is 3. The maximum atomic E-state index is 13.4. The molecule has 0 saturated carbocycles. The highest BCUT2D eigenvalue weighted by Crippen LogP contribution is 2.32. The molecular weight excluding hydrogens is 510 g/mol. The Hall–Kier alpha value is -3.05. The topological polar surface area (TPSA) is 95.9 Å². The minimum absolute atomic E-state index is 0.0607. The summed E-state index contributed by atoms with van der Waals surface area (Å²) in [5, 5.41) is 11.0. The molecule has 1 aromatic heterocycles. The molecule has 1 unspecified atom stereocenters. The van der Waals surface area contributed by atoms with Crippen molar-refractivity contribution in [3.63, 3.8) is 0 Å². The van der Waals surface area contributed by atoms with Gasteiger partial charge in [-0.1, -0.05) is 23.2 Å². The quantitative estimate of drug-likeness (QED) is 0.550. The lowest BCUT2D eigenvalue weighted by molar-refractivity contribution is -0.156. The first-order valence-electron chi connectivity index (χ1n) is 10.4. The lowest BCUT2D eigenvalue weighted by Crippen LogP contribution is -2.40. The maximum absolute atomic E-state index is 13.4. The summed E-state index contributed by atoms with van der Waals surface area (Å²) in [5.74, 6) is -1.37. The molecule has 35 heavy (non-hydrogen) atoms. The summed E-state index contributed by atoms with van der Waals surface area (Å²) in [6.45, 7) is 3.64. The Kier molecular flexibility index (Phi) is 8.11. The fourth-order valence-corrected chi connectivity index (χ4v) is 3.80. The first kappa shape index (κ1) is 26.6. The van der Waals surface area contributed by atoms with Gasteiger partial charge in [-0.25, -0.2) is 9.99 Å². The van der Waals surface area contributed by atoms with Crippen LogP contribution in [0.3, 0.4) is 0 Å². The van der Waals surface area contributed by atoms with Crippen LogP contribution in [-0.4, -0.2) is 47.6 Å². The highest BCUT2D eigenvalue weighted by atomic mass is 35.5. The van der Waals surface area contributed by atoms with Crippen molar-refractivity contribution in [2.45, 2.75) is 45.5 Å². The standard InChI is InChI=1S/C22H22Cl2F3N5O3/c1-11(2)29-20(33)14-8-13(23)7-12(3)18(14)30-21(34)16-9-17(35-10-22(25,26)27)31-32(16)19-15(24)5-4-6-28-19/h4-8,11,16H,9-10H2,1-3H3,(H,29,33)(H,30,34). The Morgan fingerprint density at radius 2 is 2.00 bits per heavy atom. The number of halogens is 5. The maximum Gasteiger partial charge on any atom is 0.422 e. The predicted octanol–water partition coefficient (Wildman–Crippen LogP) is 4.94. The van der Waals surface area contributed by atoms with Gasteiger partial charge < -0.3 is 15.4 Å². The zero-order chi connectivity index (χ0) is 25.9. The number of carbonyl (C=O) groups is 2. The number of hydrogen-bond acceptors (Lipinski definition) is 6. The van der Waals surface area contributed by atoms with Crippen LogP contribution in [0.4, 0.5) is 24.7 Å². The van der Waals surface area contributed by atoms with Gasteiger partial charge in [0.15, 0.2) is 12.4 Å². The van der Waals surface area contributed by atoms with Crippen molar-refractivity contribution in [3.05, 3.63) is 51.6 Å². The first-order chi connectivity index (χ1) is 16.4. The summed E-state index contributed by atoms with van der Waals surface area (Å²) in [4.78, 5) is 30.2. The number of aromatic nitrogens is 1. The predicted molar refractivity (Wildman–Crippen MR) is 127 cm³/mol. The normalized spacial score (nSPS) is 15.7. The van der Waals surface area contributed by atoms with E-state index in [0.29, 0.717) is 10.6 Å². The number of ether oxygens (including phenoxy) is 1. The number of alkyl halides is 3. The molecular formula is C22H22Cl2F3N5O3. The first-order valence-corrected chi connectivity index (χ1v) is 11.2. The highest BCUT2D eigenvalue weighted by Gasteiger charge is 2.39. The molecule has 8 nitrogen and oxygen atoms in total. The number of rotatable bonds is 6. The van der Waals surface area contributed by atoms with Gasteiger partial charge in [0, 0.05) is 17.3 Å². The smallest absolute Gasteiger partial charge is 0.422 e. The second kappa shape index (κ2) is 10.7.